The number of esters is 3. The molecule has 0 aromatic rings. The summed E-state index contributed by atoms with van der Waals surface area (Å²) in [5.74, 6) is -1.57. The number of rotatable bonds is 51. The molecule has 72 heavy (non-hydrogen) atoms. The van der Waals surface area contributed by atoms with Crippen LogP contribution in [0.2, 0.25) is 0 Å². The number of aliphatic hydroxyl groups is 1. The van der Waals surface area contributed by atoms with Crippen LogP contribution in [0.1, 0.15) is 226 Å². The van der Waals surface area contributed by atoms with Crippen LogP contribution in [0.15, 0.2) is 97.2 Å². The van der Waals surface area contributed by atoms with E-state index in [9.17, 15) is 28.9 Å². The van der Waals surface area contributed by atoms with Crippen LogP contribution >= 0.6 is 7.82 Å². The van der Waals surface area contributed by atoms with Gasteiger partial charge >= 0.3 is 25.7 Å². The van der Waals surface area contributed by atoms with E-state index in [1.807, 2.05) is 12.2 Å². The molecule has 0 aliphatic heterocycles. The molecule has 0 aromatic heterocycles. The van der Waals surface area contributed by atoms with Gasteiger partial charge in [-0.1, -0.05) is 189 Å². The maximum atomic E-state index is 12.9. The minimum Gasteiger partial charge on any atom is -0.462 e. The van der Waals surface area contributed by atoms with Crippen molar-refractivity contribution >= 4 is 25.7 Å². The molecule has 0 bridgehead atoms. The van der Waals surface area contributed by atoms with Crippen molar-refractivity contribution in [3.63, 3.8) is 0 Å². The Hall–Kier alpha value is -3.60. The van der Waals surface area contributed by atoms with E-state index in [1.54, 1.807) is 0 Å². The van der Waals surface area contributed by atoms with Crippen molar-refractivity contribution in [3.8, 4) is 0 Å². The highest BCUT2D eigenvalue weighted by Crippen LogP contribution is 2.43. The minimum absolute atomic E-state index is 0.0818. The van der Waals surface area contributed by atoms with Crippen LogP contribution < -0.4 is 0 Å². The van der Waals surface area contributed by atoms with E-state index in [1.165, 1.54) is 44.9 Å². The lowest BCUT2D eigenvalue weighted by Gasteiger charge is -2.21. The average Bonchev–Trinajstić information content (AvgIpc) is 3.37. The smallest absolute Gasteiger partial charge is 0.462 e. The third-order valence-electron chi connectivity index (χ3n) is 11.5. The van der Waals surface area contributed by atoms with E-state index >= 15 is 0 Å². The van der Waals surface area contributed by atoms with Crippen LogP contribution in [0.25, 0.3) is 0 Å². The fourth-order valence-electron chi connectivity index (χ4n) is 7.18. The molecule has 0 aliphatic carbocycles. The minimum atomic E-state index is -4.77. The van der Waals surface area contributed by atoms with Gasteiger partial charge in [-0.2, -0.15) is 0 Å². The first-order valence-corrected chi connectivity index (χ1v) is 29.6. The number of phosphoric acid groups is 1. The number of unbranched alkanes of at least 4 members (excludes halogenated alkanes) is 18. The van der Waals surface area contributed by atoms with Crippen LogP contribution in [0.3, 0.4) is 0 Å². The summed E-state index contributed by atoms with van der Waals surface area (Å²) in [5.41, 5.74) is 0. The highest BCUT2D eigenvalue weighted by molar-refractivity contribution is 7.47. The van der Waals surface area contributed by atoms with E-state index < -0.39 is 57.8 Å². The third kappa shape index (κ3) is 51.3. The van der Waals surface area contributed by atoms with Crippen LogP contribution in [0.5, 0.6) is 0 Å². The number of allylic oxidation sites excluding steroid dienone is 16. The standard InChI is InChI=1S/C60H101O11P/c1-4-7-10-13-16-19-22-25-27-28-30-33-36-39-42-45-48-51-60(64)71-57(53-67-58(62)49-46-43-40-37-34-32-29-26-23-20-17-14-11-8-5-2)55-69-72(65,66)68-54-56(52-61)70-59(63)50-47-44-41-38-35-31-24-21-18-15-12-9-6-3/h7,10,16-17,19-21,24-27,29-30,33,39,42,56-57,61H,4-6,8-9,11-15,18,22-23,28,31-32,34-38,40-41,43-55H2,1-3H3,(H,65,66)/b10-7-,19-16-,20-17-,24-21-,27-25-,29-26-,33-30-,42-39-. The second kappa shape index (κ2) is 53.7. The molecule has 0 spiro atoms. The number of carbonyl (C=O) groups excluding carboxylic acids is 3. The molecule has 0 aliphatic rings. The normalized spacial score (nSPS) is 14.1. The Morgan fingerprint density at radius 2 is 0.736 bits per heavy atom. The maximum Gasteiger partial charge on any atom is 0.472 e. The highest BCUT2D eigenvalue weighted by Gasteiger charge is 2.28. The number of hydrogen-bond donors (Lipinski definition) is 2. The Bertz CT molecular complexity index is 1580. The summed E-state index contributed by atoms with van der Waals surface area (Å²) in [6.07, 6.45) is 62.3. The van der Waals surface area contributed by atoms with Crippen LogP contribution in [0.4, 0.5) is 0 Å². The Labute approximate surface area is 438 Å². The summed E-state index contributed by atoms with van der Waals surface area (Å²) in [6.45, 7) is 4.39. The summed E-state index contributed by atoms with van der Waals surface area (Å²) in [6, 6.07) is 0. The van der Waals surface area contributed by atoms with E-state index in [-0.39, 0.29) is 25.9 Å². The second-order valence-corrected chi connectivity index (χ2v) is 19.8. The number of carbonyl (C=O) groups is 3. The lowest BCUT2D eigenvalue weighted by Crippen LogP contribution is -2.30. The fraction of sp³-hybridized carbons (Fsp3) is 0.683. The van der Waals surface area contributed by atoms with Crippen molar-refractivity contribution in [2.24, 2.45) is 0 Å². The molecule has 0 rings (SSSR count). The molecule has 0 fully saturated rings. The molecule has 412 valence electrons. The molecule has 3 unspecified atom stereocenters. The zero-order chi connectivity index (χ0) is 52.7. The molecule has 0 saturated heterocycles. The molecule has 0 aromatic carbocycles. The first kappa shape index (κ1) is 68.4. The molecule has 12 heteroatoms. The zero-order valence-electron chi connectivity index (χ0n) is 45.4. The Morgan fingerprint density at radius 3 is 1.21 bits per heavy atom. The van der Waals surface area contributed by atoms with Crippen molar-refractivity contribution in [1.82, 2.24) is 0 Å². The lowest BCUT2D eigenvalue weighted by molar-refractivity contribution is -0.161. The number of ether oxygens (including phenoxy) is 3. The molecular formula is C60H101O11P. The van der Waals surface area contributed by atoms with Gasteiger partial charge in [0.2, 0.25) is 0 Å². The number of phosphoric ester groups is 1. The lowest BCUT2D eigenvalue weighted by atomic mass is 10.1. The summed E-state index contributed by atoms with van der Waals surface area (Å²) in [5, 5.41) is 9.80. The SMILES string of the molecule is CC/C=C\C/C=C\C/C=C\C/C=C\C/C=C\CCCC(=O)OC(COC(=O)CCCCCCC/C=C\C/C=C\CCCCC)COP(=O)(O)OCC(CO)OC(=O)CCCCCCC/C=C\CCCCCC. The van der Waals surface area contributed by atoms with Gasteiger partial charge in [0.15, 0.2) is 6.10 Å². The fourth-order valence-corrected chi connectivity index (χ4v) is 7.96. The average molecular weight is 1030 g/mol. The van der Waals surface area contributed by atoms with E-state index in [2.05, 4.69) is 106 Å². The number of hydrogen-bond acceptors (Lipinski definition) is 10. The highest BCUT2D eigenvalue weighted by atomic mass is 31.2. The maximum absolute atomic E-state index is 12.9. The van der Waals surface area contributed by atoms with Gasteiger partial charge in [-0.3, -0.25) is 23.4 Å². The van der Waals surface area contributed by atoms with E-state index in [0.717, 1.165) is 116 Å². The second-order valence-electron chi connectivity index (χ2n) is 18.4. The summed E-state index contributed by atoms with van der Waals surface area (Å²) < 4.78 is 39.4. The van der Waals surface area contributed by atoms with Gasteiger partial charge in [-0.15, -0.1) is 0 Å². The molecular weight excluding hydrogens is 928 g/mol. The Morgan fingerprint density at radius 1 is 0.403 bits per heavy atom. The Kier molecular flexibility index (Phi) is 51.0. The summed E-state index contributed by atoms with van der Waals surface area (Å²) in [7, 11) is -4.77. The largest absolute Gasteiger partial charge is 0.472 e. The molecule has 3 atom stereocenters. The van der Waals surface area contributed by atoms with Crippen molar-refractivity contribution in [2.45, 2.75) is 238 Å². The third-order valence-corrected chi connectivity index (χ3v) is 12.4. The quantitative estimate of drug-likeness (QED) is 0.0197. The van der Waals surface area contributed by atoms with Gasteiger partial charge in [-0.05, 0) is 116 Å². The van der Waals surface area contributed by atoms with Crippen molar-refractivity contribution in [2.75, 3.05) is 26.4 Å². The molecule has 0 amide bonds. The number of aliphatic hydroxyl groups excluding tert-OH is 1. The monoisotopic (exact) mass is 1030 g/mol. The van der Waals surface area contributed by atoms with E-state index in [4.69, 9.17) is 23.3 Å². The molecule has 0 heterocycles. The molecule has 0 radical (unpaired) electrons. The van der Waals surface area contributed by atoms with Gasteiger partial charge in [0.25, 0.3) is 0 Å². The van der Waals surface area contributed by atoms with Crippen molar-refractivity contribution in [1.29, 1.82) is 0 Å². The molecule has 11 nitrogen and oxygen atoms in total. The summed E-state index contributed by atoms with van der Waals surface area (Å²) in [4.78, 5) is 48.4. The first-order valence-electron chi connectivity index (χ1n) is 28.1. The topological polar surface area (TPSA) is 155 Å². The van der Waals surface area contributed by atoms with Gasteiger partial charge in [0, 0.05) is 19.3 Å². The van der Waals surface area contributed by atoms with Crippen LogP contribution in [-0.2, 0) is 42.2 Å². The van der Waals surface area contributed by atoms with Gasteiger partial charge in [-0.25, -0.2) is 4.57 Å². The predicted molar refractivity (Wildman–Crippen MR) is 297 cm³/mol. The van der Waals surface area contributed by atoms with Crippen molar-refractivity contribution in [3.05, 3.63) is 97.2 Å². The molecule has 0 saturated carbocycles. The predicted octanol–water partition coefficient (Wildman–Crippen LogP) is 16.5. The van der Waals surface area contributed by atoms with Gasteiger partial charge in [0.05, 0.1) is 19.8 Å². The van der Waals surface area contributed by atoms with Gasteiger partial charge < -0.3 is 24.2 Å². The zero-order valence-corrected chi connectivity index (χ0v) is 46.3. The van der Waals surface area contributed by atoms with Crippen LogP contribution in [-0.4, -0.2) is 66.5 Å². The van der Waals surface area contributed by atoms with E-state index in [0.29, 0.717) is 25.7 Å². The Balaban J connectivity index is 4.86. The summed E-state index contributed by atoms with van der Waals surface area (Å²) >= 11 is 0. The molecule has 2 N–H and O–H groups in total. The van der Waals surface area contributed by atoms with Crippen molar-refractivity contribution < 1.29 is 52.2 Å². The first-order chi connectivity index (χ1) is 35.2. The van der Waals surface area contributed by atoms with Gasteiger partial charge in [0.1, 0.15) is 12.7 Å². The van der Waals surface area contributed by atoms with Crippen LogP contribution in [0, 0.1) is 0 Å².